The zero-order valence-corrected chi connectivity index (χ0v) is 10.1. The van der Waals surface area contributed by atoms with Crippen molar-refractivity contribution >= 4 is 23.2 Å². The minimum atomic E-state index is -0.625. The van der Waals surface area contributed by atoms with Crippen LogP contribution in [0.5, 0.6) is 0 Å². The molecule has 0 fully saturated rings. The van der Waals surface area contributed by atoms with E-state index in [0.717, 1.165) is 0 Å². The molecule has 2 nitrogen and oxygen atoms in total. The summed E-state index contributed by atoms with van der Waals surface area (Å²) >= 11 is 11.7. The number of benzene rings is 1. The van der Waals surface area contributed by atoms with Crippen LogP contribution in [0, 0.1) is 5.95 Å². The Morgan fingerprint density at radius 2 is 1.76 bits per heavy atom. The highest BCUT2D eigenvalue weighted by Crippen LogP contribution is 2.28. The van der Waals surface area contributed by atoms with E-state index in [0.29, 0.717) is 21.2 Å². The molecule has 0 spiro atoms. The lowest BCUT2D eigenvalue weighted by Crippen LogP contribution is -1.93. The minimum Gasteiger partial charge on any atom is -0.392 e. The van der Waals surface area contributed by atoms with Crippen molar-refractivity contribution < 1.29 is 9.50 Å². The summed E-state index contributed by atoms with van der Waals surface area (Å²) in [6, 6.07) is 6.27. The summed E-state index contributed by atoms with van der Waals surface area (Å²) in [5.41, 5.74) is 1.32. The maximum atomic E-state index is 13.6. The van der Waals surface area contributed by atoms with Crippen LogP contribution in [0.2, 0.25) is 10.0 Å². The van der Waals surface area contributed by atoms with E-state index >= 15 is 0 Å². The minimum absolute atomic E-state index is 0.200. The van der Waals surface area contributed by atoms with Crippen LogP contribution in [0.1, 0.15) is 5.56 Å². The van der Waals surface area contributed by atoms with Gasteiger partial charge in [0.25, 0.3) is 0 Å². The summed E-state index contributed by atoms with van der Waals surface area (Å²) in [6.07, 6.45) is 1.28. The first kappa shape index (κ1) is 12.3. The van der Waals surface area contributed by atoms with Crippen molar-refractivity contribution in [2.75, 3.05) is 0 Å². The first-order valence-electron chi connectivity index (χ1n) is 4.82. The van der Waals surface area contributed by atoms with Crippen molar-refractivity contribution in [1.29, 1.82) is 0 Å². The number of aliphatic hydroxyl groups excluding tert-OH is 1. The molecule has 0 saturated heterocycles. The molecule has 2 rings (SSSR count). The topological polar surface area (TPSA) is 33.1 Å². The molecule has 0 aliphatic carbocycles. The van der Waals surface area contributed by atoms with Gasteiger partial charge in [0.05, 0.1) is 6.61 Å². The number of pyridine rings is 1. The van der Waals surface area contributed by atoms with Crippen LogP contribution in [0.15, 0.2) is 30.5 Å². The number of rotatable bonds is 2. The monoisotopic (exact) mass is 271 g/mol. The highest BCUT2D eigenvalue weighted by Gasteiger charge is 2.09. The summed E-state index contributed by atoms with van der Waals surface area (Å²) in [5.74, 6) is -0.625. The van der Waals surface area contributed by atoms with E-state index in [4.69, 9.17) is 28.3 Å². The molecule has 17 heavy (non-hydrogen) atoms. The van der Waals surface area contributed by atoms with Crippen LogP contribution in [-0.2, 0) is 6.61 Å². The quantitative estimate of drug-likeness (QED) is 0.846. The van der Waals surface area contributed by atoms with Gasteiger partial charge in [0.1, 0.15) is 0 Å². The second kappa shape index (κ2) is 5.00. The molecule has 1 aromatic carbocycles. The van der Waals surface area contributed by atoms with Gasteiger partial charge >= 0.3 is 0 Å². The molecule has 0 radical (unpaired) electrons. The Bertz CT molecular complexity index is 540. The first-order chi connectivity index (χ1) is 8.10. The largest absolute Gasteiger partial charge is 0.392 e. The number of aromatic nitrogens is 1. The summed E-state index contributed by atoms with van der Waals surface area (Å²) in [5, 5.41) is 9.83. The first-order valence-corrected chi connectivity index (χ1v) is 5.57. The van der Waals surface area contributed by atoms with Crippen molar-refractivity contribution in [3.8, 4) is 11.1 Å². The third-order valence-corrected chi connectivity index (χ3v) is 2.69. The average molecular weight is 272 g/mol. The molecular formula is C12H8Cl2FNO. The lowest BCUT2D eigenvalue weighted by Gasteiger charge is -2.06. The molecule has 0 amide bonds. The molecular weight excluding hydrogens is 264 g/mol. The van der Waals surface area contributed by atoms with Crippen LogP contribution < -0.4 is 0 Å². The van der Waals surface area contributed by atoms with Crippen LogP contribution in [0.4, 0.5) is 4.39 Å². The molecule has 0 atom stereocenters. The summed E-state index contributed by atoms with van der Waals surface area (Å²) in [6.45, 7) is -0.200. The van der Waals surface area contributed by atoms with E-state index in [1.54, 1.807) is 18.2 Å². The number of halogens is 3. The number of aliphatic hydroxyl groups is 1. The van der Waals surface area contributed by atoms with Crippen molar-refractivity contribution in [2.45, 2.75) is 6.61 Å². The molecule has 88 valence electrons. The number of nitrogens with zero attached hydrogens (tertiary/aromatic N) is 1. The highest BCUT2D eigenvalue weighted by molar-refractivity contribution is 6.35. The average Bonchev–Trinajstić information content (AvgIpc) is 2.28. The lowest BCUT2D eigenvalue weighted by molar-refractivity contribution is 0.281. The van der Waals surface area contributed by atoms with Gasteiger partial charge in [-0.05, 0) is 35.4 Å². The Morgan fingerprint density at radius 3 is 2.35 bits per heavy atom. The van der Waals surface area contributed by atoms with Gasteiger partial charge in [-0.2, -0.15) is 4.39 Å². The number of hydrogen-bond acceptors (Lipinski definition) is 2. The Labute approximate surface area is 108 Å². The molecule has 0 unspecified atom stereocenters. The van der Waals surface area contributed by atoms with E-state index in [1.807, 2.05) is 0 Å². The zero-order chi connectivity index (χ0) is 12.4. The molecule has 0 aliphatic rings. The second-order valence-corrected chi connectivity index (χ2v) is 4.37. The molecule has 0 aliphatic heterocycles. The van der Waals surface area contributed by atoms with Gasteiger partial charge in [-0.1, -0.05) is 23.2 Å². The summed E-state index contributed by atoms with van der Waals surface area (Å²) in [7, 11) is 0. The summed E-state index contributed by atoms with van der Waals surface area (Å²) in [4.78, 5) is 3.57. The Morgan fingerprint density at radius 1 is 1.12 bits per heavy atom. The van der Waals surface area contributed by atoms with Gasteiger partial charge in [0, 0.05) is 21.8 Å². The maximum Gasteiger partial charge on any atom is 0.220 e. The Balaban J connectivity index is 2.58. The molecule has 1 N–H and O–H groups in total. The van der Waals surface area contributed by atoms with E-state index in [-0.39, 0.29) is 12.2 Å². The summed E-state index contributed by atoms with van der Waals surface area (Å²) < 4.78 is 13.6. The SMILES string of the molecule is OCc1cnc(F)c(-c2cc(Cl)cc(Cl)c2)c1. The van der Waals surface area contributed by atoms with Crippen LogP contribution >= 0.6 is 23.2 Å². The fraction of sp³-hybridized carbons (Fsp3) is 0.0833. The van der Waals surface area contributed by atoms with Gasteiger partial charge in [-0.3, -0.25) is 0 Å². The van der Waals surface area contributed by atoms with E-state index in [1.165, 1.54) is 12.3 Å². The lowest BCUT2D eigenvalue weighted by atomic mass is 10.1. The zero-order valence-electron chi connectivity index (χ0n) is 8.62. The third-order valence-electron chi connectivity index (χ3n) is 2.25. The van der Waals surface area contributed by atoms with Gasteiger partial charge in [-0.15, -0.1) is 0 Å². The van der Waals surface area contributed by atoms with Gasteiger partial charge in [0.15, 0.2) is 0 Å². The molecule has 0 saturated carbocycles. The maximum absolute atomic E-state index is 13.6. The molecule has 1 aromatic heterocycles. The molecule has 1 heterocycles. The van der Waals surface area contributed by atoms with E-state index in [2.05, 4.69) is 4.98 Å². The predicted octanol–water partition coefficient (Wildman–Crippen LogP) is 3.69. The fourth-order valence-electron chi connectivity index (χ4n) is 1.49. The normalized spacial score (nSPS) is 10.6. The smallest absolute Gasteiger partial charge is 0.220 e. The third kappa shape index (κ3) is 2.75. The molecule has 0 bridgehead atoms. The van der Waals surface area contributed by atoms with Crippen molar-refractivity contribution in [3.63, 3.8) is 0 Å². The fourth-order valence-corrected chi connectivity index (χ4v) is 2.02. The van der Waals surface area contributed by atoms with Crippen molar-refractivity contribution in [2.24, 2.45) is 0 Å². The van der Waals surface area contributed by atoms with Crippen molar-refractivity contribution in [3.05, 3.63) is 52.0 Å². The molecule has 2 aromatic rings. The van der Waals surface area contributed by atoms with Gasteiger partial charge < -0.3 is 5.11 Å². The van der Waals surface area contributed by atoms with Gasteiger partial charge in [-0.25, -0.2) is 4.98 Å². The van der Waals surface area contributed by atoms with Gasteiger partial charge in [0.2, 0.25) is 5.95 Å². The van der Waals surface area contributed by atoms with E-state index in [9.17, 15) is 4.39 Å². The standard InChI is InChI=1S/C12H8Cl2FNO/c13-9-2-8(3-10(14)4-9)11-1-7(6-17)5-16-12(11)15/h1-5,17H,6H2. The number of hydrogen-bond donors (Lipinski definition) is 1. The van der Waals surface area contributed by atoms with Crippen molar-refractivity contribution in [1.82, 2.24) is 4.98 Å². The molecule has 5 heteroatoms. The highest BCUT2D eigenvalue weighted by atomic mass is 35.5. The predicted molar refractivity (Wildman–Crippen MR) is 65.6 cm³/mol. The second-order valence-electron chi connectivity index (χ2n) is 3.50. The van der Waals surface area contributed by atoms with E-state index < -0.39 is 5.95 Å². The van der Waals surface area contributed by atoms with Crippen LogP contribution in [-0.4, -0.2) is 10.1 Å². The Hall–Kier alpha value is -1.16. The van der Waals surface area contributed by atoms with Crippen LogP contribution in [0.25, 0.3) is 11.1 Å². The Kier molecular flexibility index (Phi) is 3.62. The van der Waals surface area contributed by atoms with Crippen LogP contribution in [0.3, 0.4) is 0 Å².